The molecule has 2 aromatic carbocycles. The minimum atomic E-state index is -0.465. The molecule has 0 aliphatic heterocycles. The Balaban J connectivity index is 2.00. The molecule has 7 heteroatoms. The Morgan fingerprint density at radius 3 is 2.56 bits per heavy atom. The quantitative estimate of drug-likeness (QED) is 0.563. The van der Waals surface area contributed by atoms with Crippen LogP contribution in [0.15, 0.2) is 59.7 Å². The van der Waals surface area contributed by atoms with E-state index in [2.05, 4.69) is 10.1 Å². The van der Waals surface area contributed by atoms with E-state index in [1.54, 1.807) is 49.2 Å². The number of hydrogen-bond donors (Lipinski definition) is 0. The Labute approximate surface area is 154 Å². The van der Waals surface area contributed by atoms with Crippen molar-refractivity contribution in [2.45, 2.75) is 6.92 Å². The van der Waals surface area contributed by atoms with Crippen LogP contribution in [0.2, 0.25) is 0 Å². The van der Waals surface area contributed by atoms with E-state index in [-0.39, 0.29) is 5.56 Å². The minimum absolute atomic E-state index is 0.0496. The van der Waals surface area contributed by atoms with Crippen LogP contribution in [0.5, 0.6) is 5.75 Å². The minimum Gasteiger partial charge on any atom is -0.497 e. The van der Waals surface area contributed by atoms with Gasteiger partial charge in [-0.2, -0.15) is 9.94 Å². The highest BCUT2D eigenvalue weighted by atomic mass is 16.5. The number of fused-ring (bicyclic) bond motifs is 1. The molecule has 0 aliphatic rings. The SMILES string of the molecule is COc1ccc(-n2nc(-n3cnc4ccccc43)c(C)c(C#N)c2=O)cc1. The number of nitrogens with zero attached hydrogens (tertiary/aromatic N) is 5. The van der Waals surface area contributed by atoms with Gasteiger partial charge in [-0.1, -0.05) is 12.1 Å². The molecule has 4 rings (SSSR count). The molecule has 0 saturated heterocycles. The topological polar surface area (TPSA) is 85.7 Å². The maximum absolute atomic E-state index is 12.8. The molecular weight excluding hydrogens is 342 g/mol. The fourth-order valence-electron chi connectivity index (χ4n) is 2.98. The summed E-state index contributed by atoms with van der Waals surface area (Å²) in [4.78, 5) is 17.2. The summed E-state index contributed by atoms with van der Waals surface area (Å²) in [5.74, 6) is 1.15. The summed E-state index contributed by atoms with van der Waals surface area (Å²) in [6.45, 7) is 1.72. The number of para-hydroxylation sites is 2. The summed E-state index contributed by atoms with van der Waals surface area (Å²) >= 11 is 0. The van der Waals surface area contributed by atoms with Gasteiger partial charge in [0, 0.05) is 5.56 Å². The maximum Gasteiger partial charge on any atom is 0.289 e. The molecule has 7 nitrogen and oxygen atoms in total. The highest BCUT2D eigenvalue weighted by Gasteiger charge is 2.18. The van der Waals surface area contributed by atoms with E-state index in [1.165, 1.54) is 4.68 Å². The van der Waals surface area contributed by atoms with Crippen LogP contribution in [0.1, 0.15) is 11.1 Å². The number of methoxy groups -OCH3 is 1. The van der Waals surface area contributed by atoms with Gasteiger partial charge in [-0.05, 0) is 43.3 Å². The van der Waals surface area contributed by atoms with Crippen LogP contribution in [0, 0.1) is 18.3 Å². The smallest absolute Gasteiger partial charge is 0.289 e. The van der Waals surface area contributed by atoms with E-state index in [0.717, 1.165) is 11.0 Å². The zero-order valence-electron chi connectivity index (χ0n) is 14.7. The molecule has 0 radical (unpaired) electrons. The third kappa shape index (κ3) is 2.64. The van der Waals surface area contributed by atoms with Gasteiger partial charge >= 0.3 is 0 Å². The predicted octanol–water partition coefficient (Wildman–Crippen LogP) is 2.76. The Bertz CT molecular complexity index is 1250. The summed E-state index contributed by atoms with van der Waals surface area (Å²) in [6, 6.07) is 16.5. The second-order valence-corrected chi connectivity index (χ2v) is 5.95. The number of hydrogen-bond acceptors (Lipinski definition) is 5. The molecule has 2 aromatic heterocycles. The van der Waals surface area contributed by atoms with E-state index in [4.69, 9.17) is 4.74 Å². The normalized spacial score (nSPS) is 10.7. The fraction of sp³-hybridized carbons (Fsp3) is 0.100. The van der Waals surface area contributed by atoms with Crippen molar-refractivity contribution in [3.05, 3.63) is 76.3 Å². The van der Waals surface area contributed by atoms with E-state index in [1.807, 2.05) is 30.3 Å². The average Bonchev–Trinajstić information content (AvgIpc) is 3.13. The third-order valence-corrected chi connectivity index (χ3v) is 4.42. The van der Waals surface area contributed by atoms with Crippen LogP contribution in [0.3, 0.4) is 0 Å². The molecule has 0 N–H and O–H groups in total. The van der Waals surface area contributed by atoms with Gasteiger partial charge in [-0.15, -0.1) is 5.10 Å². The molecule has 0 spiro atoms. The largest absolute Gasteiger partial charge is 0.497 e. The molecule has 0 saturated carbocycles. The second-order valence-electron chi connectivity index (χ2n) is 5.95. The van der Waals surface area contributed by atoms with E-state index >= 15 is 0 Å². The average molecular weight is 357 g/mol. The number of rotatable bonds is 3. The molecule has 27 heavy (non-hydrogen) atoms. The molecule has 0 atom stereocenters. The van der Waals surface area contributed by atoms with Crippen LogP contribution < -0.4 is 10.3 Å². The van der Waals surface area contributed by atoms with Gasteiger partial charge in [-0.3, -0.25) is 9.36 Å². The standard InChI is InChI=1S/C20H15N5O2/c1-13-16(11-21)20(26)25(14-7-9-15(27-2)10-8-14)23-19(13)24-12-22-17-5-3-4-6-18(17)24/h3-10,12H,1-2H3. The molecule has 0 bridgehead atoms. The van der Waals surface area contributed by atoms with Crippen LogP contribution in [-0.4, -0.2) is 26.4 Å². The first-order chi connectivity index (χ1) is 13.1. The summed E-state index contributed by atoms with van der Waals surface area (Å²) in [5, 5.41) is 14.1. The van der Waals surface area contributed by atoms with Crippen molar-refractivity contribution in [2.75, 3.05) is 7.11 Å². The lowest BCUT2D eigenvalue weighted by Crippen LogP contribution is -2.27. The van der Waals surface area contributed by atoms with Crippen molar-refractivity contribution >= 4 is 11.0 Å². The van der Waals surface area contributed by atoms with Gasteiger partial charge < -0.3 is 4.74 Å². The van der Waals surface area contributed by atoms with Gasteiger partial charge in [0.15, 0.2) is 5.82 Å². The van der Waals surface area contributed by atoms with Crippen molar-refractivity contribution in [3.8, 4) is 23.3 Å². The Morgan fingerprint density at radius 1 is 1.11 bits per heavy atom. The monoisotopic (exact) mass is 357 g/mol. The lowest BCUT2D eigenvalue weighted by molar-refractivity contribution is 0.414. The van der Waals surface area contributed by atoms with E-state index in [0.29, 0.717) is 22.8 Å². The summed E-state index contributed by atoms with van der Waals surface area (Å²) in [7, 11) is 1.57. The van der Waals surface area contributed by atoms with E-state index < -0.39 is 5.56 Å². The summed E-state index contributed by atoms with van der Waals surface area (Å²) in [6.07, 6.45) is 1.64. The van der Waals surface area contributed by atoms with Crippen LogP contribution in [0.25, 0.3) is 22.5 Å². The zero-order valence-corrected chi connectivity index (χ0v) is 14.7. The molecular formula is C20H15N5O2. The van der Waals surface area contributed by atoms with Crippen molar-refractivity contribution in [1.29, 1.82) is 5.26 Å². The highest BCUT2D eigenvalue weighted by Crippen LogP contribution is 2.21. The van der Waals surface area contributed by atoms with Crippen molar-refractivity contribution in [3.63, 3.8) is 0 Å². The maximum atomic E-state index is 12.8. The first kappa shape index (κ1) is 16.5. The number of aromatic nitrogens is 4. The van der Waals surface area contributed by atoms with Gasteiger partial charge in [-0.25, -0.2) is 4.98 Å². The number of ether oxygens (including phenoxy) is 1. The number of benzene rings is 2. The molecule has 0 fully saturated rings. The molecule has 2 heterocycles. The van der Waals surface area contributed by atoms with Crippen molar-refractivity contribution in [2.24, 2.45) is 0 Å². The number of nitriles is 1. The Morgan fingerprint density at radius 2 is 1.85 bits per heavy atom. The van der Waals surface area contributed by atoms with Crippen LogP contribution in [-0.2, 0) is 0 Å². The van der Waals surface area contributed by atoms with E-state index in [9.17, 15) is 10.1 Å². The first-order valence-electron chi connectivity index (χ1n) is 8.25. The Hall–Kier alpha value is -3.92. The van der Waals surface area contributed by atoms with Crippen molar-refractivity contribution < 1.29 is 4.74 Å². The van der Waals surface area contributed by atoms with Gasteiger partial charge in [0.05, 0.1) is 23.8 Å². The van der Waals surface area contributed by atoms with Crippen molar-refractivity contribution in [1.82, 2.24) is 19.3 Å². The molecule has 0 unspecified atom stereocenters. The van der Waals surface area contributed by atoms with Gasteiger partial charge in [0.1, 0.15) is 23.7 Å². The molecule has 4 aromatic rings. The second kappa shape index (κ2) is 6.42. The molecule has 0 amide bonds. The van der Waals surface area contributed by atoms with Gasteiger partial charge in [0.25, 0.3) is 5.56 Å². The lowest BCUT2D eigenvalue weighted by Gasteiger charge is -2.13. The fourth-order valence-corrected chi connectivity index (χ4v) is 2.98. The van der Waals surface area contributed by atoms with Gasteiger partial charge in [0.2, 0.25) is 0 Å². The Kier molecular flexibility index (Phi) is 3.94. The highest BCUT2D eigenvalue weighted by molar-refractivity contribution is 5.77. The number of imidazole rings is 1. The predicted molar refractivity (Wildman–Crippen MR) is 100 cm³/mol. The zero-order chi connectivity index (χ0) is 19.0. The molecule has 132 valence electrons. The third-order valence-electron chi connectivity index (χ3n) is 4.42. The van der Waals surface area contributed by atoms with Crippen LogP contribution in [0.4, 0.5) is 0 Å². The summed E-state index contributed by atoms with van der Waals surface area (Å²) in [5.41, 5.74) is 2.29. The van der Waals surface area contributed by atoms with Crippen LogP contribution >= 0.6 is 0 Å². The molecule has 0 aliphatic carbocycles. The first-order valence-corrected chi connectivity index (χ1v) is 8.25. The lowest BCUT2D eigenvalue weighted by atomic mass is 10.1. The summed E-state index contributed by atoms with van der Waals surface area (Å²) < 4.78 is 8.17.